The first-order valence-corrected chi connectivity index (χ1v) is 7.42. The van der Waals surface area contributed by atoms with Crippen LogP contribution in [0.25, 0.3) is 0 Å². The van der Waals surface area contributed by atoms with Gasteiger partial charge in [-0.05, 0) is 17.5 Å². The van der Waals surface area contributed by atoms with Crippen LogP contribution < -0.4 is 0 Å². The van der Waals surface area contributed by atoms with E-state index >= 15 is 0 Å². The molecule has 0 aliphatic carbocycles. The van der Waals surface area contributed by atoms with Gasteiger partial charge in [0.05, 0.1) is 18.5 Å². The number of hydrogen-bond acceptors (Lipinski definition) is 4. The van der Waals surface area contributed by atoms with Crippen LogP contribution in [0.2, 0.25) is 0 Å². The van der Waals surface area contributed by atoms with E-state index in [0.717, 1.165) is 11.1 Å². The molecule has 1 aromatic carbocycles. The molecular weight excluding hydrogens is 240 g/mol. The smallest absolute Gasteiger partial charge is 0.147 e. The van der Waals surface area contributed by atoms with Crippen molar-refractivity contribution in [2.24, 2.45) is 0 Å². The van der Waals surface area contributed by atoms with Gasteiger partial charge in [0.2, 0.25) is 0 Å². The average molecular weight is 258 g/mol. The standard InChI is InChI=1S/C12H18O4S/c1-16-9-10-4-3-5-11(8-10)12(13)6-7-17(2,14)15/h3-5,8,12-13H,6-7,9H2,1-2H3. The zero-order valence-electron chi connectivity index (χ0n) is 10.1. The highest BCUT2D eigenvalue weighted by Crippen LogP contribution is 2.18. The van der Waals surface area contributed by atoms with Gasteiger partial charge in [-0.25, -0.2) is 8.42 Å². The van der Waals surface area contributed by atoms with Crippen LogP contribution in [-0.4, -0.2) is 32.6 Å². The van der Waals surface area contributed by atoms with Gasteiger partial charge in [0.1, 0.15) is 9.84 Å². The Morgan fingerprint density at radius 1 is 1.41 bits per heavy atom. The van der Waals surface area contributed by atoms with Gasteiger partial charge in [-0.3, -0.25) is 0 Å². The van der Waals surface area contributed by atoms with E-state index in [0.29, 0.717) is 6.61 Å². The number of methoxy groups -OCH3 is 1. The third-order valence-corrected chi connectivity index (χ3v) is 3.39. The summed E-state index contributed by atoms with van der Waals surface area (Å²) in [6.07, 6.45) is 0.637. The summed E-state index contributed by atoms with van der Waals surface area (Å²) >= 11 is 0. The van der Waals surface area contributed by atoms with Crippen LogP contribution in [0.15, 0.2) is 24.3 Å². The van der Waals surface area contributed by atoms with E-state index in [4.69, 9.17) is 4.74 Å². The van der Waals surface area contributed by atoms with E-state index in [2.05, 4.69) is 0 Å². The van der Waals surface area contributed by atoms with E-state index in [-0.39, 0.29) is 12.2 Å². The summed E-state index contributed by atoms with van der Waals surface area (Å²) in [5.41, 5.74) is 1.69. The lowest BCUT2D eigenvalue weighted by molar-refractivity contribution is 0.172. The Bertz CT molecular complexity index is 453. The maximum atomic E-state index is 11.0. The SMILES string of the molecule is COCc1cccc(C(O)CCS(C)(=O)=O)c1. The molecule has 0 aromatic heterocycles. The maximum absolute atomic E-state index is 11.0. The summed E-state index contributed by atoms with van der Waals surface area (Å²) in [6.45, 7) is 0.479. The second-order valence-corrected chi connectivity index (χ2v) is 6.37. The van der Waals surface area contributed by atoms with E-state index < -0.39 is 15.9 Å². The van der Waals surface area contributed by atoms with Crippen molar-refractivity contribution in [2.45, 2.75) is 19.1 Å². The molecule has 1 N–H and O–H groups in total. The Labute approximate surface area is 102 Å². The Morgan fingerprint density at radius 2 is 2.12 bits per heavy atom. The van der Waals surface area contributed by atoms with E-state index in [1.807, 2.05) is 18.2 Å². The van der Waals surface area contributed by atoms with Crippen LogP contribution in [0.4, 0.5) is 0 Å². The van der Waals surface area contributed by atoms with E-state index in [1.165, 1.54) is 6.26 Å². The van der Waals surface area contributed by atoms with E-state index in [9.17, 15) is 13.5 Å². The predicted molar refractivity (Wildman–Crippen MR) is 66.4 cm³/mol. The number of aliphatic hydroxyl groups is 1. The summed E-state index contributed by atoms with van der Waals surface area (Å²) < 4.78 is 27.0. The molecule has 17 heavy (non-hydrogen) atoms. The number of rotatable bonds is 6. The number of benzene rings is 1. The molecule has 0 amide bonds. The Balaban J connectivity index is 2.68. The van der Waals surface area contributed by atoms with Crippen molar-refractivity contribution in [2.75, 3.05) is 19.1 Å². The Hall–Kier alpha value is -0.910. The predicted octanol–water partition coefficient (Wildman–Crippen LogP) is 1.30. The largest absolute Gasteiger partial charge is 0.388 e. The first-order chi connectivity index (χ1) is 7.92. The first-order valence-electron chi connectivity index (χ1n) is 5.36. The van der Waals surface area contributed by atoms with E-state index in [1.54, 1.807) is 13.2 Å². The van der Waals surface area contributed by atoms with Gasteiger partial charge in [-0.1, -0.05) is 24.3 Å². The maximum Gasteiger partial charge on any atom is 0.147 e. The normalized spacial score (nSPS) is 13.6. The lowest BCUT2D eigenvalue weighted by Crippen LogP contribution is -2.08. The molecular formula is C12H18O4S. The van der Waals surface area contributed by atoms with Crippen LogP contribution in [0.1, 0.15) is 23.7 Å². The summed E-state index contributed by atoms with van der Waals surface area (Å²) in [6, 6.07) is 7.34. The fourth-order valence-electron chi connectivity index (χ4n) is 1.55. The fourth-order valence-corrected chi connectivity index (χ4v) is 2.20. The molecule has 0 aliphatic heterocycles. The van der Waals surface area contributed by atoms with Gasteiger partial charge < -0.3 is 9.84 Å². The van der Waals surface area contributed by atoms with Crippen LogP contribution in [0.3, 0.4) is 0 Å². The first kappa shape index (κ1) is 14.2. The minimum atomic E-state index is -3.03. The van der Waals surface area contributed by atoms with Gasteiger partial charge in [0.25, 0.3) is 0 Å². The summed E-state index contributed by atoms with van der Waals surface area (Å²) in [4.78, 5) is 0. The molecule has 4 nitrogen and oxygen atoms in total. The molecule has 0 fully saturated rings. The van der Waals surface area contributed by atoms with Gasteiger partial charge >= 0.3 is 0 Å². The molecule has 0 spiro atoms. The molecule has 0 bridgehead atoms. The van der Waals surface area contributed by atoms with Crippen molar-refractivity contribution in [3.8, 4) is 0 Å². The molecule has 1 aromatic rings. The lowest BCUT2D eigenvalue weighted by Gasteiger charge is -2.11. The molecule has 1 unspecified atom stereocenters. The van der Waals surface area contributed by atoms with Crippen LogP contribution in [0, 0.1) is 0 Å². The number of ether oxygens (including phenoxy) is 1. The zero-order chi connectivity index (χ0) is 12.9. The Kier molecular flexibility index (Phi) is 5.11. The van der Waals surface area contributed by atoms with Crippen LogP contribution in [0.5, 0.6) is 0 Å². The molecule has 1 rings (SSSR count). The van der Waals surface area contributed by atoms with Crippen molar-refractivity contribution in [3.05, 3.63) is 35.4 Å². The quantitative estimate of drug-likeness (QED) is 0.835. The highest BCUT2D eigenvalue weighted by atomic mass is 32.2. The van der Waals surface area contributed by atoms with Crippen molar-refractivity contribution in [1.29, 1.82) is 0 Å². The highest BCUT2D eigenvalue weighted by Gasteiger charge is 2.11. The van der Waals surface area contributed by atoms with Crippen molar-refractivity contribution in [3.63, 3.8) is 0 Å². The van der Waals surface area contributed by atoms with Gasteiger partial charge in [0.15, 0.2) is 0 Å². The fraction of sp³-hybridized carbons (Fsp3) is 0.500. The monoisotopic (exact) mass is 258 g/mol. The van der Waals surface area contributed by atoms with Gasteiger partial charge in [-0.2, -0.15) is 0 Å². The third-order valence-electron chi connectivity index (χ3n) is 2.41. The number of hydrogen-bond donors (Lipinski definition) is 1. The summed E-state index contributed by atoms with van der Waals surface area (Å²) in [5, 5.41) is 9.87. The molecule has 96 valence electrons. The molecule has 0 radical (unpaired) electrons. The zero-order valence-corrected chi connectivity index (χ0v) is 10.9. The second-order valence-electron chi connectivity index (χ2n) is 4.11. The average Bonchev–Trinajstić information content (AvgIpc) is 2.26. The van der Waals surface area contributed by atoms with Crippen molar-refractivity contribution in [1.82, 2.24) is 0 Å². The summed E-state index contributed by atoms with van der Waals surface area (Å²) in [7, 11) is -1.43. The van der Waals surface area contributed by atoms with Crippen molar-refractivity contribution >= 4 is 9.84 Å². The minimum Gasteiger partial charge on any atom is -0.388 e. The van der Waals surface area contributed by atoms with Crippen molar-refractivity contribution < 1.29 is 18.3 Å². The molecule has 0 saturated heterocycles. The van der Waals surface area contributed by atoms with Gasteiger partial charge in [-0.15, -0.1) is 0 Å². The number of aliphatic hydroxyl groups excluding tert-OH is 1. The van der Waals surface area contributed by atoms with Crippen LogP contribution >= 0.6 is 0 Å². The topological polar surface area (TPSA) is 63.6 Å². The lowest BCUT2D eigenvalue weighted by atomic mass is 10.0. The van der Waals surface area contributed by atoms with Gasteiger partial charge in [0, 0.05) is 13.4 Å². The molecule has 0 aliphatic rings. The minimum absolute atomic E-state index is 0.0112. The molecule has 1 atom stereocenters. The molecule has 0 heterocycles. The molecule has 0 saturated carbocycles. The second kappa shape index (κ2) is 6.14. The molecule has 5 heteroatoms. The Morgan fingerprint density at radius 3 is 2.71 bits per heavy atom. The number of sulfone groups is 1. The summed E-state index contributed by atoms with van der Waals surface area (Å²) in [5.74, 6) is -0.0112. The third kappa shape index (κ3) is 5.30. The van der Waals surface area contributed by atoms with Crippen LogP contribution in [-0.2, 0) is 21.2 Å². The highest BCUT2D eigenvalue weighted by molar-refractivity contribution is 7.90.